The number of aliphatic carboxylic acids is 1. The molecular formula is C16H22FNO3. The molecule has 2 rings (SSSR count). The number of aryl methyl sites for hydroxylation is 1. The van der Waals surface area contributed by atoms with E-state index in [0.717, 1.165) is 19.3 Å². The van der Waals surface area contributed by atoms with Gasteiger partial charge in [-0.1, -0.05) is 6.92 Å². The number of carboxylic acids is 1. The minimum Gasteiger partial charge on any atom is -0.491 e. The largest absolute Gasteiger partial charge is 0.491 e. The maximum Gasteiger partial charge on any atom is 0.327 e. The van der Waals surface area contributed by atoms with Gasteiger partial charge >= 0.3 is 5.97 Å². The zero-order chi connectivity index (χ0) is 15.5. The lowest BCUT2D eigenvalue weighted by Crippen LogP contribution is -2.58. The Kier molecular flexibility index (Phi) is 4.83. The Bertz CT molecular complexity index is 516. The fourth-order valence-corrected chi connectivity index (χ4v) is 2.52. The molecular weight excluding hydrogens is 273 g/mol. The average molecular weight is 295 g/mol. The molecule has 21 heavy (non-hydrogen) atoms. The van der Waals surface area contributed by atoms with Crippen LogP contribution in [0.5, 0.6) is 5.75 Å². The lowest BCUT2D eigenvalue weighted by atomic mass is 9.94. The minimum absolute atomic E-state index is 0.0550. The molecule has 0 amide bonds. The summed E-state index contributed by atoms with van der Waals surface area (Å²) in [5, 5.41) is 12.8. The third-order valence-corrected chi connectivity index (χ3v) is 3.94. The van der Waals surface area contributed by atoms with E-state index >= 15 is 0 Å². The van der Waals surface area contributed by atoms with Crippen molar-refractivity contribution < 1.29 is 19.0 Å². The number of halogens is 1. The SMILES string of the molecule is CCCNC(COc1ccc(F)cc1C)(C(=O)O)C1CC1. The van der Waals surface area contributed by atoms with Crippen molar-refractivity contribution in [3.63, 3.8) is 0 Å². The van der Waals surface area contributed by atoms with E-state index in [2.05, 4.69) is 5.32 Å². The van der Waals surface area contributed by atoms with Crippen LogP contribution >= 0.6 is 0 Å². The standard InChI is InChI=1S/C16H22FNO3/c1-3-8-18-16(15(19)20,12-4-5-12)10-21-14-7-6-13(17)9-11(14)2/h6-7,9,12,18H,3-5,8,10H2,1-2H3,(H,19,20). The summed E-state index contributed by atoms with van der Waals surface area (Å²) in [4.78, 5) is 11.8. The Morgan fingerprint density at radius 2 is 2.24 bits per heavy atom. The van der Waals surface area contributed by atoms with Crippen molar-refractivity contribution in [2.75, 3.05) is 13.2 Å². The summed E-state index contributed by atoms with van der Waals surface area (Å²) < 4.78 is 18.8. The van der Waals surface area contributed by atoms with E-state index < -0.39 is 11.5 Å². The molecule has 2 N–H and O–H groups in total. The lowest BCUT2D eigenvalue weighted by molar-refractivity contribution is -0.147. The molecule has 1 unspecified atom stereocenters. The Balaban J connectivity index is 2.13. The van der Waals surface area contributed by atoms with Gasteiger partial charge in [0.2, 0.25) is 0 Å². The van der Waals surface area contributed by atoms with Gasteiger partial charge in [0.1, 0.15) is 18.2 Å². The highest BCUT2D eigenvalue weighted by molar-refractivity contribution is 5.80. The monoisotopic (exact) mass is 295 g/mol. The van der Waals surface area contributed by atoms with Gasteiger partial charge in [0.15, 0.2) is 5.54 Å². The van der Waals surface area contributed by atoms with E-state index in [4.69, 9.17) is 4.74 Å². The maximum atomic E-state index is 13.1. The van der Waals surface area contributed by atoms with Crippen molar-refractivity contribution in [1.82, 2.24) is 5.32 Å². The van der Waals surface area contributed by atoms with E-state index in [0.29, 0.717) is 17.9 Å². The number of carboxylic acid groups (broad SMARTS) is 1. The summed E-state index contributed by atoms with van der Waals surface area (Å²) in [6, 6.07) is 4.25. The Labute approximate surface area is 124 Å². The summed E-state index contributed by atoms with van der Waals surface area (Å²) in [5.41, 5.74) is -0.378. The van der Waals surface area contributed by atoms with Crippen molar-refractivity contribution in [3.8, 4) is 5.75 Å². The van der Waals surface area contributed by atoms with Gasteiger partial charge in [0, 0.05) is 0 Å². The predicted molar refractivity (Wildman–Crippen MR) is 78.0 cm³/mol. The number of rotatable bonds is 8. The van der Waals surface area contributed by atoms with Crippen LogP contribution < -0.4 is 10.1 Å². The van der Waals surface area contributed by atoms with Crippen LogP contribution in [0.15, 0.2) is 18.2 Å². The van der Waals surface area contributed by atoms with Crippen LogP contribution in [0.25, 0.3) is 0 Å². The summed E-state index contributed by atoms with van der Waals surface area (Å²) >= 11 is 0. The normalized spacial score (nSPS) is 17.3. The number of benzene rings is 1. The van der Waals surface area contributed by atoms with Crippen LogP contribution in [-0.4, -0.2) is 29.8 Å². The van der Waals surface area contributed by atoms with Gasteiger partial charge in [-0.05, 0) is 62.4 Å². The van der Waals surface area contributed by atoms with Gasteiger partial charge in [0.25, 0.3) is 0 Å². The first kappa shape index (κ1) is 15.8. The molecule has 1 aromatic rings. The highest BCUT2D eigenvalue weighted by Crippen LogP contribution is 2.40. The van der Waals surface area contributed by atoms with E-state index in [1.54, 1.807) is 13.0 Å². The zero-order valence-electron chi connectivity index (χ0n) is 12.5. The predicted octanol–water partition coefficient (Wildman–Crippen LogP) is 2.75. The molecule has 1 saturated carbocycles. The highest BCUT2D eigenvalue weighted by atomic mass is 19.1. The molecule has 1 aliphatic rings. The Morgan fingerprint density at radius 3 is 2.76 bits per heavy atom. The number of hydrogen-bond acceptors (Lipinski definition) is 3. The molecule has 4 nitrogen and oxygen atoms in total. The Morgan fingerprint density at radius 1 is 1.52 bits per heavy atom. The maximum absolute atomic E-state index is 13.1. The molecule has 0 saturated heterocycles. The van der Waals surface area contributed by atoms with Crippen LogP contribution in [0.1, 0.15) is 31.7 Å². The molecule has 0 heterocycles. The minimum atomic E-state index is -1.04. The van der Waals surface area contributed by atoms with Crippen molar-refractivity contribution in [2.45, 2.75) is 38.6 Å². The van der Waals surface area contributed by atoms with Crippen LogP contribution in [-0.2, 0) is 4.79 Å². The second-order valence-electron chi connectivity index (χ2n) is 5.68. The fourth-order valence-electron chi connectivity index (χ4n) is 2.52. The molecule has 116 valence electrons. The van der Waals surface area contributed by atoms with Crippen LogP contribution in [0.2, 0.25) is 0 Å². The molecule has 1 aromatic carbocycles. The lowest BCUT2D eigenvalue weighted by Gasteiger charge is -2.31. The number of ether oxygens (including phenoxy) is 1. The van der Waals surface area contributed by atoms with E-state index in [9.17, 15) is 14.3 Å². The van der Waals surface area contributed by atoms with E-state index in [1.165, 1.54) is 12.1 Å². The molecule has 0 aliphatic heterocycles. The fraction of sp³-hybridized carbons (Fsp3) is 0.562. The zero-order valence-corrected chi connectivity index (χ0v) is 12.5. The third kappa shape index (κ3) is 3.53. The van der Waals surface area contributed by atoms with E-state index in [1.807, 2.05) is 6.92 Å². The smallest absolute Gasteiger partial charge is 0.327 e. The summed E-state index contributed by atoms with van der Waals surface area (Å²) in [7, 11) is 0. The summed E-state index contributed by atoms with van der Waals surface area (Å²) in [6.07, 6.45) is 2.65. The highest BCUT2D eigenvalue weighted by Gasteiger charge is 2.51. The first-order valence-corrected chi connectivity index (χ1v) is 7.37. The van der Waals surface area contributed by atoms with Gasteiger partial charge < -0.3 is 9.84 Å². The third-order valence-electron chi connectivity index (χ3n) is 3.94. The van der Waals surface area contributed by atoms with Gasteiger partial charge in [0.05, 0.1) is 0 Å². The number of carbonyl (C=O) groups is 1. The van der Waals surface area contributed by atoms with Gasteiger partial charge in [-0.3, -0.25) is 10.1 Å². The first-order valence-electron chi connectivity index (χ1n) is 7.37. The molecule has 0 bridgehead atoms. The van der Waals surface area contributed by atoms with Crippen LogP contribution in [0.4, 0.5) is 4.39 Å². The Hall–Kier alpha value is -1.62. The second-order valence-corrected chi connectivity index (χ2v) is 5.68. The average Bonchev–Trinajstić information content (AvgIpc) is 3.25. The van der Waals surface area contributed by atoms with E-state index in [-0.39, 0.29) is 18.3 Å². The van der Waals surface area contributed by atoms with Crippen molar-refractivity contribution in [3.05, 3.63) is 29.6 Å². The number of nitrogens with one attached hydrogen (secondary N) is 1. The molecule has 5 heteroatoms. The molecule has 0 radical (unpaired) electrons. The molecule has 0 spiro atoms. The number of hydrogen-bond donors (Lipinski definition) is 2. The van der Waals surface area contributed by atoms with Crippen LogP contribution in [0.3, 0.4) is 0 Å². The molecule has 1 atom stereocenters. The molecule has 1 fully saturated rings. The van der Waals surface area contributed by atoms with Gasteiger partial charge in [-0.25, -0.2) is 4.39 Å². The van der Waals surface area contributed by atoms with Gasteiger partial charge in [-0.15, -0.1) is 0 Å². The summed E-state index contributed by atoms with van der Waals surface area (Å²) in [5.74, 6) is -0.572. The van der Waals surface area contributed by atoms with Crippen molar-refractivity contribution in [2.24, 2.45) is 5.92 Å². The summed E-state index contributed by atoms with van der Waals surface area (Å²) in [6.45, 7) is 4.43. The topological polar surface area (TPSA) is 58.6 Å². The second kappa shape index (κ2) is 6.43. The van der Waals surface area contributed by atoms with Crippen molar-refractivity contribution in [1.29, 1.82) is 0 Å². The van der Waals surface area contributed by atoms with Gasteiger partial charge in [-0.2, -0.15) is 0 Å². The molecule has 1 aliphatic carbocycles. The van der Waals surface area contributed by atoms with Crippen molar-refractivity contribution >= 4 is 5.97 Å². The molecule has 0 aromatic heterocycles. The first-order chi connectivity index (χ1) is 9.99. The quantitative estimate of drug-likeness (QED) is 0.774. The van der Waals surface area contributed by atoms with Crippen LogP contribution in [0, 0.1) is 18.7 Å².